The van der Waals surface area contributed by atoms with Crippen LogP contribution in [0.25, 0.3) is 28.2 Å². The number of rotatable bonds is 7. The van der Waals surface area contributed by atoms with Crippen molar-refractivity contribution in [3.8, 4) is 17.0 Å². The Labute approximate surface area is 220 Å². The number of likely N-dealkylation sites (N-methyl/N-ethyl adjacent to an activating group) is 1. The number of H-pyrrole nitrogens is 1. The van der Waals surface area contributed by atoms with E-state index in [1.54, 1.807) is 0 Å². The Balaban J connectivity index is 0.000000349. The molecule has 2 aromatic carbocycles. The number of carboxylic acids is 2. The van der Waals surface area contributed by atoms with Crippen LogP contribution in [0.1, 0.15) is 33.3 Å². The van der Waals surface area contributed by atoms with Gasteiger partial charge in [-0.15, -0.1) is 4.68 Å². The minimum Gasteiger partial charge on any atom is -0.545 e. The summed E-state index contributed by atoms with van der Waals surface area (Å²) >= 11 is 1.86. The van der Waals surface area contributed by atoms with Gasteiger partial charge in [0.25, 0.3) is 0 Å². The van der Waals surface area contributed by atoms with Crippen LogP contribution in [-0.2, 0) is 16.1 Å². The molecule has 3 heterocycles. The van der Waals surface area contributed by atoms with E-state index in [0.717, 1.165) is 31.9 Å². The van der Waals surface area contributed by atoms with Crippen molar-refractivity contribution >= 4 is 40.7 Å². The van der Waals surface area contributed by atoms with Gasteiger partial charge >= 0.3 is 5.97 Å². The summed E-state index contributed by atoms with van der Waals surface area (Å²) in [4.78, 5) is 24.0. The van der Waals surface area contributed by atoms with E-state index in [1.165, 1.54) is 37.5 Å². The molecule has 2 N–H and O–H groups in total. The molecule has 5 rings (SSSR count). The zero-order valence-electron chi connectivity index (χ0n) is 21.4. The van der Waals surface area contributed by atoms with Crippen molar-refractivity contribution in [1.29, 1.82) is 0 Å². The van der Waals surface area contributed by atoms with Crippen LogP contribution in [0.3, 0.4) is 0 Å². The average Bonchev–Trinajstić information content (AvgIpc) is 3.22. The van der Waals surface area contributed by atoms with E-state index in [4.69, 9.17) is 9.84 Å². The highest BCUT2D eigenvalue weighted by molar-refractivity contribution is 8.00. The molecule has 37 heavy (non-hydrogen) atoms. The van der Waals surface area contributed by atoms with Gasteiger partial charge in [0.2, 0.25) is 5.52 Å². The molecule has 0 atom stereocenters. The van der Waals surface area contributed by atoms with E-state index in [2.05, 4.69) is 84.9 Å². The third-order valence-corrected chi connectivity index (χ3v) is 7.54. The number of benzene rings is 2. The molecule has 1 aromatic heterocycles. The van der Waals surface area contributed by atoms with Crippen LogP contribution in [0.2, 0.25) is 0 Å². The standard InChI is InChI=1S/C24H27N3OS.C4H4O4/c1-5-26(6-2)13-14-27-18-15-19-16(11-12-24(3,4)28-19)23-21(18)22(25-27)17-9-7-8-10-20(17)29-23;5-3(6)1-2-4(7)8/h7-12,15H,5-6,13-14H2,1-4H3;1-2H,(H,5,6)(H,7,8)/b;2-1+. The van der Waals surface area contributed by atoms with Crippen LogP contribution in [0, 0.1) is 0 Å². The summed E-state index contributed by atoms with van der Waals surface area (Å²) in [6.07, 6.45) is 5.35. The first kappa shape index (κ1) is 26.5. The minimum absolute atomic E-state index is 0.282. The molecular weight excluding hydrogens is 490 g/mol. The van der Waals surface area contributed by atoms with Crippen molar-refractivity contribution < 1.29 is 29.2 Å². The Morgan fingerprint density at radius 2 is 1.95 bits per heavy atom. The second-order valence-electron chi connectivity index (χ2n) is 9.30. The predicted octanol–water partition coefficient (Wildman–Crippen LogP) is 3.49. The number of carboxylic acid groups (broad SMARTS) is 2. The van der Waals surface area contributed by atoms with Crippen LogP contribution in [0.5, 0.6) is 5.75 Å². The number of carbonyl (C=O) groups is 2. The van der Waals surface area contributed by atoms with E-state index in [0.29, 0.717) is 12.2 Å². The molecule has 0 amide bonds. The number of hydrogen-bond donors (Lipinski definition) is 2. The van der Waals surface area contributed by atoms with E-state index >= 15 is 0 Å². The first-order chi connectivity index (χ1) is 17.6. The number of aliphatic carboxylic acids is 2. The number of hydrogen-bond acceptors (Lipinski definition) is 6. The summed E-state index contributed by atoms with van der Waals surface area (Å²) in [6.45, 7) is 12.8. The van der Waals surface area contributed by atoms with Gasteiger partial charge in [-0.25, -0.2) is 4.79 Å². The number of aromatic amines is 1. The lowest BCUT2D eigenvalue weighted by Crippen LogP contribution is -2.42. The summed E-state index contributed by atoms with van der Waals surface area (Å²) in [5, 5.41) is 22.3. The quantitative estimate of drug-likeness (QED) is 0.283. The lowest BCUT2D eigenvalue weighted by molar-refractivity contribution is -0.725. The lowest BCUT2D eigenvalue weighted by atomic mass is 9.99. The van der Waals surface area contributed by atoms with Crippen molar-refractivity contribution in [3.05, 3.63) is 54.1 Å². The fourth-order valence-electron chi connectivity index (χ4n) is 4.46. The molecule has 0 spiro atoms. The highest BCUT2D eigenvalue weighted by atomic mass is 32.2. The second-order valence-corrected chi connectivity index (χ2v) is 10.4. The maximum absolute atomic E-state index is 9.53. The van der Waals surface area contributed by atoms with Gasteiger partial charge in [-0.05, 0) is 45.2 Å². The molecule has 0 radical (unpaired) electrons. The van der Waals surface area contributed by atoms with Gasteiger partial charge in [0.1, 0.15) is 17.0 Å². The molecule has 0 saturated carbocycles. The fourth-order valence-corrected chi connectivity index (χ4v) is 5.69. The smallest absolute Gasteiger partial charge is 0.328 e. The largest absolute Gasteiger partial charge is 0.545 e. The molecular formula is C28H31N3O5S. The van der Waals surface area contributed by atoms with Crippen molar-refractivity contribution in [2.24, 2.45) is 0 Å². The predicted molar refractivity (Wildman–Crippen MR) is 141 cm³/mol. The van der Waals surface area contributed by atoms with Crippen LogP contribution >= 0.6 is 11.8 Å². The van der Waals surface area contributed by atoms with Crippen molar-refractivity contribution in [2.75, 3.05) is 19.6 Å². The van der Waals surface area contributed by atoms with E-state index in [1.807, 2.05) is 11.8 Å². The van der Waals surface area contributed by atoms with Crippen LogP contribution in [0.4, 0.5) is 0 Å². The normalized spacial score (nSPS) is 14.6. The second kappa shape index (κ2) is 10.8. The zero-order valence-corrected chi connectivity index (χ0v) is 22.2. The Kier molecular flexibility index (Phi) is 7.75. The van der Waals surface area contributed by atoms with Gasteiger partial charge in [0, 0.05) is 27.0 Å². The topological polar surface area (TPSA) is 110 Å². The highest BCUT2D eigenvalue weighted by Crippen LogP contribution is 2.51. The Bertz CT molecular complexity index is 1390. The van der Waals surface area contributed by atoms with Crippen LogP contribution < -0.4 is 14.5 Å². The number of carbonyl (C=O) groups excluding carboxylic acids is 1. The SMILES string of the molecule is CCN(CC)CC[n+]1[nH]c2c3c(c4c(cc31)OC(C)(C)C=C4)Sc1ccccc1-2.O=C([O-])/C=C/C(=O)O. The summed E-state index contributed by atoms with van der Waals surface area (Å²) in [7, 11) is 0. The Morgan fingerprint density at radius 3 is 2.59 bits per heavy atom. The van der Waals surface area contributed by atoms with Gasteiger partial charge in [-0.1, -0.05) is 49.9 Å². The summed E-state index contributed by atoms with van der Waals surface area (Å²) in [5.74, 6) is -1.82. The summed E-state index contributed by atoms with van der Waals surface area (Å²) < 4.78 is 8.69. The highest BCUT2D eigenvalue weighted by Gasteiger charge is 2.34. The molecule has 0 unspecified atom stereocenters. The third-order valence-electron chi connectivity index (χ3n) is 6.34. The number of aromatic nitrogens is 2. The van der Waals surface area contributed by atoms with E-state index < -0.39 is 11.9 Å². The van der Waals surface area contributed by atoms with Gasteiger partial charge in [-0.2, -0.15) is 5.10 Å². The Morgan fingerprint density at radius 1 is 1.22 bits per heavy atom. The molecule has 9 heteroatoms. The Hall–Kier alpha value is -3.56. The monoisotopic (exact) mass is 521 g/mol. The van der Waals surface area contributed by atoms with E-state index in [9.17, 15) is 14.7 Å². The minimum atomic E-state index is -1.51. The maximum atomic E-state index is 9.53. The number of ether oxygens (including phenoxy) is 1. The molecule has 8 nitrogen and oxygen atoms in total. The lowest BCUT2D eigenvalue weighted by Gasteiger charge is -2.29. The maximum Gasteiger partial charge on any atom is 0.328 e. The van der Waals surface area contributed by atoms with Crippen molar-refractivity contribution in [3.63, 3.8) is 0 Å². The summed E-state index contributed by atoms with van der Waals surface area (Å²) in [5.41, 5.74) is 4.67. The van der Waals surface area contributed by atoms with Crippen LogP contribution in [-0.4, -0.2) is 52.3 Å². The van der Waals surface area contributed by atoms with E-state index in [-0.39, 0.29) is 5.60 Å². The summed E-state index contributed by atoms with van der Waals surface area (Å²) in [6, 6.07) is 10.9. The average molecular weight is 522 g/mol. The number of nitrogens with one attached hydrogen (secondary N) is 1. The third kappa shape index (κ3) is 5.73. The number of fused-ring (bicyclic) bond motifs is 4. The molecule has 194 valence electrons. The van der Waals surface area contributed by atoms with Crippen molar-refractivity contribution in [2.45, 2.75) is 49.6 Å². The molecule has 0 aliphatic carbocycles. The molecule has 0 bridgehead atoms. The molecule has 3 aromatic rings. The first-order valence-electron chi connectivity index (χ1n) is 12.3. The van der Waals surface area contributed by atoms with Gasteiger partial charge < -0.3 is 19.7 Å². The molecule has 0 saturated heterocycles. The van der Waals surface area contributed by atoms with Crippen LogP contribution in [0.15, 0.2) is 58.4 Å². The van der Waals surface area contributed by atoms with Gasteiger partial charge in [0.15, 0.2) is 6.54 Å². The van der Waals surface area contributed by atoms with Gasteiger partial charge in [0.05, 0.1) is 24.0 Å². The van der Waals surface area contributed by atoms with Gasteiger partial charge in [-0.3, -0.25) is 4.90 Å². The molecule has 0 fully saturated rings. The van der Waals surface area contributed by atoms with Crippen molar-refractivity contribution in [1.82, 2.24) is 10.00 Å². The first-order valence-corrected chi connectivity index (χ1v) is 13.1. The number of nitrogens with zero attached hydrogens (tertiary/aromatic N) is 2. The molecule has 2 aliphatic heterocycles. The molecule has 2 aliphatic rings. The zero-order chi connectivity index (χ0) is 26.7. The fraction of sp³-hybridized carbons (Fsp3) is 0.321.